The Morgan fingerprint density at radius 2 is 1.67 bits per heavy atom. The summed E-state index contributed by atoms with van der Waals surface area (Å²) in [5.74, 6) is 1.80. The second kappa shape index (κ2) is 11.5. The van der Waals surface area contributed by atoms with E-state index in [4.69, 9.17) is 0 Å². The summed E-state index contributed by atoms with van der Waals surface area (Å²) in [6.07, 6.45) is 6.00. The Bertz CT molecular complexity index is 734. The lowest BCUT2D eigenvalue weighted by Gasteiger charge is -2.40. The number of hydrogen-bond donors (Lipinski definition) is 2. The number of likely N-dealkylation sites (N-methyl/N-ethyl adjacent to an activating group) is 1. The quantitative estimate of drug-likeness (QED) is 0.114. The Morgan fingerprint density at radius 3 is 2.21 bits per heavy atom. The molecule has 0 radical (unpaired) electrons. The third-order valence-corrected chi connectivity index (χ3v) is 7.89. The fourth-order valence-electron chi connectivity index (χ4n) is 5.99. The van der Waals surface area contributed by atoms with Gasteiger partial charge in [-0.25, -0.2) is 0 Å². The molecule has 33 heavy (non-hydrogen) atoms. The van der Waals surface area contributed by atoms with Gasteiger partial charge in [0.05, 0.1) is 11.8 Å². The number of likely N-dealkylation sites (tertiary alicyclic amines) is 1. The van der Waals surface area contributed by atoms with Crippen molar-refractivity contribution in [2.45, 2.75) is 32.7 Å². The van der Waals surface area contributed by atoms with Crippen LogP contribution < -0.4 is 10.6 Å². The first-order chi connectivity index (χ1) is 15.4. The van der Waals surface area contributed by atoms with Gasteiger partial charge in [-0.15, -0.1) is 24.0 Å². The van der Waals surface area contributed by atoms with E-state index in [1.165, 1.54) is 4.90 Å². The van der Waals surface area contributed by atoms with E-state index in [9.17, 15) is 9.59 Å². The van der Waals surface area contributed by atoms with Gasteiger partial charge in [-0.1, -0.05) is 26.0 Å². The van der Waals surface area contributed by atoms with Gasteiger partial charge in [0.25, 0.3) is 0 Å². The smallest absolute Gasteiger partial charge is 0.233 e. The van der Waals surface area contributed by atoms with Gasteiger partial charge in [0.2, 0.25) is 11.8 Å². The number of amides is 2. The molecule has 0 aromatic carbocycles. The number of guanidine groups is 1. The number of halogens is 1. The first-order valence-corrected chi connectivity index (χ1v) is 12.3. The highest BCUT2D eigenvalue weighted by molar-refractivity contribution is 14.0. The molecule has 4 aliphatic rings. The molecule has 0 aromatic heterocycles. The summed E-state index contributed by atoms with van der Waals surface area (Å²) in [5.41, 5.74) is 0. The van der Waals surface area contributed by atoms with E-state index in [0.717, 1.165) is 51.5 Å². The molecule has 1 saturated carbocycles. The molecule has 2 saturated heterocycles. The Balaban J connectivity index is 0.00000306. The molecular formula is C24H41IN6O2. The van der Waals surface area contributed by atoms with Crippen molar-refractivity contribution >= 4 is 41.8 Å². The average molecular weight is 573 g/mol. The topological polar surface area (TPSA) is 80.3 Å². The first kappa shape index (κ1) is 26.4. The highest BCUT2D eigenvalue weighted by Crippen LogP contribution is 2.52. The molecular weight excluding hydrogens is 531 g/mol. The van der Waals surface area contributed by atoms with Crippen molar-refractivity contribution in [3.63, 3.8) is 0 Å². The van der Waals surface area contributed by atoms with Crippen LogP contribution in [0, 0.1) is 29.6 Å². The predicted octanol–water partition coefficient (Wildman–Crippen LogP) is 1.24. The van der Waals surface area contributed by atoms with Gasteiger partial charge in [0, 0.05) is 58.9 Å². The van der Waals surface area contributed by atoms with E-state index < -0.39 is 0 Å². The van der Waals surface area contributed by atoms with Crippen molar-refractivity contribution in [2.75, 3.05) is 59.9 Å². The largest absolute Gasteiger partial charge is 0.356 e. The SMILES string of the molecule is CN=C(NCCCN1C(=O)C2C3C=CC(C3)C2C1=O)NCC(C(C)C)N1CCN(C)CC1.I. The van der Waals surface area contributed by atoms with E-state index in [2.05, 4.69) is 58.5 Å². The van der Waals surface area contributed by atoms with Crippen LogP contribution in [0.15, 0.2) is 17.1 Å². The summed E-state index contributed by atoms with van der Waals surface area (Å²) in [7, 11) is 3.97. The summed E-state index contributed by atoms with van der Waals surface area (Å²) in [5, 5.41) is 6.84. The Labute approximate surface area is 215 Å². The fourth-order valence-corrected chi connectivity index (χ4v) is 5.99. The first-order valence-electron chi connectivity index (χ1n) is 12.3. The van der Waals surface area contributed by atoms with E-state index in [0.29, 0.717) is 25.0 Å². The third-order valence-electron chi connectivity index (χ3n) is 7.89. The number of nitrogens with zero attached hydrogens (tertiary/aromatic N) is 4. The standard InChI is InChI=1S/C24H40N6O2.HI/c1-16(2)19(29-12-10-28(4)11-13-29)15-27-24(25-3)26-8-5-9-30-22(31)20-17-6-7-18(14-17)21(20)23(30)32;/h6-7,16-21H,5,8-15H2,1-4H3,(H2,25,26,27);1H. The molecule has 4 rings (SSSR count). The molecule has 2 amide bonds. The van der Waals surface area contributed by atoms with Crippen molar-refractivity contribution < 1.29 is 9.59 Å². The van der Waals surface area contributed by atoms with Crippen LogP contribution in [0.4, 0.5) is 0 Å². The van der Waals surface area contributed by atoms with Gasteiger partial charge >= 0.3 is 0 Å². The van der Waals surface area contributed by atoms with Gasteiger partial charge in [-0.05, 0) is 37.6 Å². The number of carbonyl (C=O) groups excluding carboxylic acids is 2. The maximum atomic E-state index is 12.8. The lowest BCUT2D eigenvalue weighted by molar-refractivity contribution is -0.140. The number of fused-ring (bicyclic) bond motifs is 5. The molecule has 2 bridgehead atoms. The highest BCUT2D eigenvalue weighted by Gasteiger charge is 2.58. The average Bonchev–Trinajstić information content (AvgIpc) is 3.45. The Kier molecular flexibility index (Phi) is 9.19. The minimum Gasteiger partial charge on any atom is -0.356 e. The minimum absolute atomic E-state index is 0. The monoisotopic (exact) mass is 572 g/mol. The van der Waals surface area contributed by atoms with Crippen molar-refractivity contribution in [1.82, 2.24) is 25.3 Å². The van der Waals surface area contributed by atoms with Crippen molar-refractivity contribution in [3.05, 3.63) is 12.2 Å². The molecule has 0 spiro atoms. The van der Waals surface area contributed by atoms with Crippen LogP contribution in [0.3, 0.4) is 0 Å². The minimum atomic E-state index is -0.0950. The summed E-state index contributed by atoms with van der Waals surface area (Å²) in [4.78, 5) is 36.4. The molecule has 9 heteroatoms. The molecule has 8 nitrogen and oxygen atoms in total. The van der Waals surface area contributed by atoms with Crippen LogP contribution >= 0.6 is 24.0 Å². The van der Waals surface area contributed by atoms with E-state index in [1.807, 2.05) is 0 Å². The molecule has 5 unspecified atom stereocenters. The van der Waals surface area contributed by atoms with Gasteiger partial charge in [-0.2, -0.15) is 0 Å². The molecule has 186 valence electrons. The van der Waals surface area contributed by atoms with E-state index in [1.54, 1.807) is 7.05 Å². The number of carbonyl (C=O) groups is 2. The predicted molar refractivity (Wildman–Crippen MR) is 142 cm³/mol. The number of allylic oxidation sites excluding steroid dienone is 2. The number of aliphatic imine (C=N–C) groups is 1. The van der Waals surface area contributed by atoms with E-state index >= 15 is 0 Å². The maximum Gasteiger partial charge on any atom is 0.233 e. The number of piperazine rings is 1. The summed E-state index contributed by atoms with van der Waals surface area (Å²) >= 11 is 0. The van der Waals surface area contributed by atoms with E-state index in [-0.39, 0.29) is 59.5 Å². The normalized spacial score (nSPS) is 30.7. The van der Waals surface area contributed by atoms with Gasteiger partial charge in [-0.3, -0.25) is 24.4 Å². The number of nitrogens with one attached hydrogen (secondary N) is 2. The zero-order valence-electron chi connectivity index (χ0n) is 20.5. The second-order valence-corrected chi connectivity index (χ2v) is 10.2. The summed E-state index contributed by atoms with van der Waals surface area (Å²) < 4.78 is 0. The zero-order chi connectivity index (χ0) is 22.8. The maximum absolute atomic E-state index is 12.8. The van der Waals surface area contributed by atoms with Gasteiger partial charge in [0.1, 0.15) is 0 Å². The number of hydrogen-bond acceptors (Lipinski definition) is 5. The lowest BCUT2D eigenvalue weighted by atomic mass is 9.85. The number of imide groups is 1. The number of rotatable bonds is 8. The molecule has 2 N–H and O–H groups in total. The molecule has 5 atom stereocenters. The van der Waals surface area contributed by atoms with Crippen molar-refractivity contribution in [1.29, 1.82) is 0 Å². The van der Waals surface area contributed by atoms with Gasteiger partial charge in [0.15, 0.2) is 5.96 Å². The molecule has 2 aliphatic carbocycles. The molecule has 2 heterocycles. The zero-order valence-corrected chi connectivity index (χ0v) is 22.8. The molecule has 3 fully saturated rings. The lowest BCUT2D eigenvalue weighted by Crippen LogP contribution is -2.55. The second-order valence-electron chi connectivity index (χ2n) is 10.2. The summed E-state index contributed by atoms with van der Waals surface area (Å²) in [6, 6.07) is 0.463. The highest BCUT2D eigenvalue weighted by atomic mass is 127. The van der Waals surface area contributed by atoms with Crippen LogP contribution in [0.2, 0.25) is 0 Å². The van der Waals surface area contributed by atoms with Crippen LogP contribution in [0.25, 0.3) is 0 Å². The van der Waals surface area contributed by atoms with Crippen LogP contribution in [0.5, 0.6) is 0 Å². The van der Waals surface area contributed by atoms with Crippen LogP contribution in [0.1, 0.15) is 26.7 Å². The fraction of sp³-hybridized carbons (Fsp3) is 0.792. The molecule has 0 aromatic rings. The van der Waals surface area contributed by atoms with Crippen molar-refractivity contribution in [3.8, 4) is 0 Å². The molecule has 2 aliphatic heterocycles. The third kappa shape index (κ3) is 5.56. The van der Waals surface area contributed by atoms with Crippen LogP contribution in [-0.4, -0.2) is 98.4 Å². The summed E-state index contributed by atoms with van der Waals surface area (Å²) in [6.45, 7) is 11.0. The van der Waals surface area contributed by atoms with Crippen LogP contribution in [-0.2, 0) is 9.59 Å². The Morgan fingerprint density at radius 1 is 1.06 bits per heavy atom. The van der Waals surface area contributed by atoms with Crippen molar-refractivity contribution in [2.24, 2.45) is 34.6 Å². The Hall–Kier alpha value is -1.20. The van der Waals surface area contributed by atoms with Gasteiger partial charge < -0.3 is 15.5 Å².